The summed E-state index contributed by atoms with van der Waals surface area (Å²) >= 11 is 6.14. The summed E-state index contributed by atoms with van der Waals surface area (Å²) in [6.45, 7) is 4.33. The molecular weight excluding hydrogens is 204 g/mol. The molecule has 0 radical (unpaired) electrons. The Hall–Kier alpha value is -1.01. The Kier molecular flexibility index (Phi) is 2.97. The molecular formula is C14H15Cl. The van der Waals surface area contributed by atoms with Gasteiger partial charge in [-0.25, -0.2) is 0 Å². The quantitative estimate of drug-likeness (QED) is 0.652. The number of hydrogen-bond acceptors (Lipinski definition) is 0. The van der Waals surface area contributed by atoms with E-state index in [2.05, 4.69) is 44.2 Å². The first-order valence-corrected chi connectivity index (χ1v) is 5.68. The lowest BCUT2D eigenvalue weighted by Crippen LogP contribution is -2.08. The van der Waals surface area contributed by atoms with Gasteiger partial charge in [-0.05, 0) is 30.0 Å². The summed E-state index contributed by atoms with van der Waals surface area (Å²) in [6.07, 6.45) is 8.72. The van der Waals surface area contributed by atoms with Gasteiger partial charge >= 0.3 is 0 Å². The fourth-order valence-corrected chi connectivity index (χ4v) is 2.27. The van der Waals surface area contributed by atoms with E-state index in [1.165, 1.54) is 11.1 Å². The van der Waals surface area contributed by atoms with Crippen molar-refractivity contribution in [2.75, 3.05) is 0 Å². The molecule has 0 amide bonds. The predicted molar refractivity (Wildman–Crippen MR) is 66.4 cm³/mol. The Balaban J connectivity index is 2.41. The van der Waals surface area contributed by atoms with Crippen LogP contribution >= 0.6 is 11.6 Å². The molecule has 2 atom stereocenters. The van der Waals surface area contributed by atoms with Crippen LogP contribution in [0.3, 0.4) is 0 Å². The maximum Gasteiger partial charge on any atom is 0.0438 e. The van der Waals surface area contributed by atoms with Gasteiger partial charge in [0.05, 0.1) is 0 Å². The highest BCUT2D eigenvalue weighted by molar-refractivity contribution is 6.31. The molecule has 0 heterocycles. The Bertz CT molecular complexity index is 415. The zero-order valence-corrected chi connectivity index (χ0v) is 9.83. The van der Waals surface area contributed by atoms with Gasteiger partial charge < -0.3 is 0 Å². The molecule has 0 aliphatic heterocycles. The molecule has 0 aromatic heterocycles. The minimum atomic E-state index is 0.466. The first kappa shape index (κ1) is 10.5. The Morgan fingerprint density at radius 2 is 1.87 bits per heavy atom. The minimum absolute atomic E-state index is 0.466. The molecule has 1 aromatic carbocycles. The highest BCUT2D eigenvalue weighted by Gasteiger charge is 2.18. The van der Waals surface area contributed by atoms with Crippen LogP contribution in [0.4, 0.5) is 0 Å². The van der Waals surface area contributed by atoms with E-state index in [0.717, 1.165) is 5.02 Å². The van der Waals surface area contributed by atoms with Gasteiger partial charge in [-0.2, -0.15) is 0 Å². The third-order valence-electron chi connectivity index (χ3n) is 3.08. The maximum absolute atomic E-state index is 6.14. The van der Waals surface area contributed by atoms with E-state index in [9.17, 15) is 0 Å². The first-order valence-electron chi connectivity index (χ1n) is 5.30. The van der Waals surface area contributed by atoms with Crippen LogP contribution in [0.5, 0.6) is 0 Å². The molecule has 2 rings (SSSR count). The monoisotopic (exact) mass is 218 g/mol. The highest BCUT2D eigenvalue weighted by atomic mass is 35.5. The fourth-order valence-electron chi connectivity index (χ4n) is 2.09. The van der Waals surface area contributed by atoms with Gasteiger partial charge in [-0.1, -0.05) is 55.0 Å². The van der Waals surface area contributed by atoms with Gasteiger partial charge in [-0.15, -0.1) is 0 Å². The molecule has 0 saturated carbocycles. The third kappa shape index (κ3) is 2.00. The summed E-state index contributed by atoms with van der Waals surface area (Å²) in [6, 6.07) is 6.16. The second-order valence-electron chi connectivity index (χ2n) is 4.11. The summed E-state index contributed by atoms with van der Waals surface area (Å²) in [7, 11) is 0. The van der Waals surface area contributed by atoms with E-state index < -0.39 is 0 Å². The molecule has 78 valence electrons. The normalized spacial score (nSPS) is 24.5. The molecule has 1 aliphatic carbocycles. The van der Waals surface area contributed by atoms with Crippen molar-refractivity contribution in [3.63, 3.8) is 0 Å². The zero-order valence-electron chi connectivity index (χ0n) is 9.07. The molecule has 2 unspecified atom stereocenters. The van der Waals surface area contributed by atoms with Crippen molar-refractivity contribution in [3.05, 3.63) is 58.7 Å². The van der Waals surface area contributed by atoms with Crippen LogP contribution in [0.1, 0.15) is 24.0 Å². The van der Waals surface area contributed by atoms with Crippen molar-refractivity contribution >= 4 is 11.6 Å². The lowest BCUT2D eigenvalue weighted by atomic mass is 9.82. The van der Waals surface area contributed by atoms with Crippen LogP contribution in [0.2, 0.25) is 5.02 Å². The molecule has 1 aliphatic rings. The van der Waals surface area contributed by atoms with E-state index >= 15 is 0 Å². The minimum Gasteiger partial charge on any atom is -0.0840 e. The predicted octanol–water partition coefficient (Wildman–Crippen LogP) is 4.49. The van der Waals surface area contributed by atoms with Crippen LogP contribution in [-0.2, 0) is 0 Å². The Morgan fingerprint density at radius 3 is 2.60 bits per heavy atom. The molecule has 0 N–H and O–H groups in total. The van der Waals surface area contributed by atoms with Crippen LogP contribution < -0.4 is 0 Å². The fraction of sp³-hybridized carbons (Fsp3) is 0.286. The average Bonchev–Trinajstić information content (AvgIpc) is 2.23. The van der Waals surface area contributed by atoms with Crippen LogP contribution in [0.15, 0.2) is 42.5 Å². The van der Waals surface area contributed by atoms with Gasteiger partial charge in [0, 0.05) is 10.9 Å². The third-order valence-corrected chi connectivity index (χ3v) is 3.49. The van der Waals surface area contributed by atoms with Gasteiger partial charge in [0.1, 0.15) is 0 Å². The second-order valence-corrected chi connectivity index (χ2v) is 4.52. The van der Waals surface area contributed by atoms with E-state index in [0.29, 0.717) is 11.8 Å². The number of allylic oxidation sites excluding steroid dienone is 4. The molecule has 15 heavy (non-hydrogen) atoms. The second kappa shape index (κ2) is 4.24. The van der Waals surface area contributed by atoms with Crippen LogP contribution in [-0.4, -0.2) is 0 Å². The SMILES string of the molecule is Cc1c(Cl)cccc1C1C=CC=CC1C. The standard InChI is InChI=1S/C14H15Cl/c1-10-6-3-4-7-12(10)13-8-5-9-14(15)11(13)2/h3-10,12H,1-2H3. The van der Waals surface area contributed by atoms with Crippen molar-refractivity contribution in [1.29, 1.82) is 0 Å². The van der Waals surface area contributed by atoms with Crippen molar-refractivity contribution in [2.24, 2.45) is 5.92 Å². The summed E-state index contributed by atoms with van der Waals surface area (Å²) in [5.74, 6) is 1.01. The Labute approximate surface area is 96.3 Å². The molecule has 1 aromatic rings. The van der Waals surface area contributed by atoms with E-state index in [-0.39, 0.29) is 0 Å². The van der Waals surface area contributed by atoms with E-state index in [1.54, 1.807) is 0 Å². The maximum atomic E-state index is 6.14. The lowest BCUT2D eigenvalue weighted by molar-refractivity contribution is 0.632. The first-order chi connectivity index (χ1) is 7.20. The van der Waals surface area contributed by atoms with Gasteiger partial charge in [0.15, 0.2) is 0 Å². The summed E-state index contributed by atoms with van der Waals surface area (Å²) in [5.41, 5.74) is 2.55. The van der Waals surface area contributed by atoms with E-state index in [1.807, 2.05) is 12.1 Å². The average molecular weight is 219 g/mol. The molecule has 1 heteroatoms. The van der Waals surface area contributed by atoms with Gasteiger partial charge in [0.2, 0.25) is 0 Å². The number of benzene rings is 1. The van der Waals surface area contributed by atoms with Crippen molar-refractivity contribution < 1.29 is 0 Å². The van der Waals surface area contributed by atoms with Crippen molar-refractivity contribution in [1.82, 2.24) is 0 Å². The summed E-state index contributed by atoms with van der Waals surface area (Å²) in [5, 5.41) is 0.864. The van der Waals surface area contributed by atoms with Gasteiger partial charge in [0.25, 0.3) is 0 Å². The smallest absolute Gasteiger partial charge is 0.0438 e. The van der Waals surface area contributed by atoms with Crippen LogP contribution in [0, 0.1) is 12.8 Å². The lowest BCUT2D eigenvalue weighted by Gasteiger charge is -2.23. The van der Waals surface area contributed by atoms with Crippen LogP contribution in [0.25, 0.3) is 0 Å². The number of halogens is 1. The molecule has 0 saturated heterocycles. The molecule has 0 fully saturated rings. The van der Waals surface area contributed by atoms with Crippen molar-refractivity contribution in [3.8, 4) is 0 Å². The topological polar surface area (TPSA) is 0 Å². The number of hydrogen-bond donors (Lipinski definition) is 0. The largest absolute Gasteiger partial charge is 0.0840 e. The molecule has 0 bridgehead atoms. The summed E-state index contributed by atoms with van der Waals surface area (Å²) in [4.78, 5) is 0. The Morgan fingerprint density at radius 1 is 1.13 bits per heavy atom. The zero-order chi connectivity index (χ0) is 10.8. The highest BCUT2D eigenvalue weighted by Crippen LogP contribution is 2.33. The van der Waals surface area contributed by atoms with Gasteiger partial charge in [-0.3, -0.25) is 0 Å². The molecule has 0 nitrogen and oxygen atoms in total. The van der Waals surface area contributed by atoms with Crippen molar-refractivity contribution in [2.45, 2.75) is 19.8 Å². The molecule has 0 spiro atoms. The summed E-state index contributed by atoms with van der Waals surface area (Å²) < 4.78 is 0. The number of rotatable bonds is 1. The van der Waals surface area contributed by atoms with E-state index in [4.69, 9.17) is 11.6 Å².